The standard InChI is InChI=1S/C26H25BrN2O2/c27-21-12-10-19(11-13-21)24-23(15-17-30)29(26(31)20-7-2-1-3-8-20)28-16-14-18-6-4-5-9-22(18)25(24)28/h1-13,23-25,30H,14-17H2. The Labute approximate surface area is 191 Å². The van der Waals surface area contributed by atoms with Crippen molar-refractivity contribution in [2.75, 3.05) is 13.2 Å². The average Bonchev–Trinajstić information content (AvgIpc) is 3.14. The van der Waals surface area contributed by atoms with Crippen LogP contribution in [-0.2, 0) is 6.42 Å². The van der Waals surface area contributed by atoms with Crippen LogP contribution in [0.3, 0.4) is 0 Å². The maximum atomic E-state index is 13.7. The highest BCUT2D eigenvalue weighted by Crippen LogP contribution is 2.51. The number of hydrogen-bond donors (Lipinski definition) is 1. The Bertz CT molecular complexity index is 1070. The van der Waals surface area contributed by atoms with Crippen LogP contribution in [0, 0.1) is 0 Å². The molecule has 3 aromatic carbocycles. The minimum atomic E-state index is -0.116. The molecule has 0 radical (unpaired) electrons. The van der Waals surface area contributed by atoms with Gasteiger partial charge in [-0.05, 0) is 53.8 Å². The van der Waals surface area contributed by atoms with Gasteiger partial charge in [0, 0.05) is 29.1 Å². The van der Waals surface area contributed by atoms with Crippen LogP contribution >= 0.6 is 15.9 Å². The zero-order valence-electron chi connectivity index (χ0n) is 17.2. The molecule has 2 heterocycles. The molecule has 31 heavy (non-hydrogen) atoms. The summed E-state index contributed by atoms with van der Waals surface area (Å²) in [7, 11) is 0. The third kappa shape index (κ3) is 3.61. The van der Waals surface area contributed by atoms with Crippen LogP contribution in [0.1, 0.15) is 45.4 Å². The molecule has 5 rings (SSSR count). The van der Waals surface area contributed by atoms with Crippen molar-refractivity contribution in [3.63, 3.8) is 0 Å². The topological polar surface area (TPSA) is 43.8 Å². The van der Waals surface area contributed by atoms with Gasteiger partial charge in [0.2, 0.25) is 0 Å². The normalized spacial score (nSPS) is 22.8. The molecule has 158 valence electrons. The maximum absolute atomic E-state index is 13.7. The van der Waals surface area contributed by atoms with E-state index in [0.29, 0.717) is 12.0 Å². The van der Waals surface area contributed by atoms with Crippen molar-refractivity contribution in [1.82, 2.24) is 10.0 Å². The van der Waals surface area contributed by atoms with Crippen molar-refractivity contribution < 1.29 is 9.90 Å². The summed E-state index contributed by atoms with van der Waals surface area (Å²) in [6.07, 6.45) is 1.44. The number of carbonyl (C=O) groups excluding carboxylic acids is 1. The van der Waals surface area contributed by atoms with E-state index in [0.717, 1.165) is 17.4 Å². The summed E-state index contributed by atoms with van der Waals surface area (Å²) in [6, 6.07) is 26.4. The third-order valence-corrected chi connectivity index (χ3v) is 7.09. The van der Waals surface area contributed by atoms with E-state index in [1.807, 2.05) is 35.3 Å². The molecule has 1 N–H and O–H groups in total. The van der Waals surface area contributed by atoms with E-state index >= 15 is 0 Å². The van der Waals surface area contributed by atoms with E-state index < -0.39 is 0 Å². The molecule has 3 aromatic rings. The Hall–Kier alpha value is -2.47. The number of aliphatic hydroxyl groups excluding tert-OH is 1. The van der Waals surface area contributed by atoms with Gasteiger partial charge >= 0.3 is 0 Å². The average molecular weight is 477 g/mol. The van der Waals surface area contributed by atoms with E-state index in [9.17, 15) is 9.90 Å². The van der Waals surface area contributed by atoms with E-state index in [4.69, 9.17) is 0 Å². The van der Waals surface area contributed by atoms with Crippen LogP contribution in [0.2, 0.25) is 0 Å². The summed E-state index contributed by atoms with van der Waals surface area (Å²) in [6.45, 7) is 0.827. The van der Waals surface area contributed by atoms with E-state index in [1.54, 1.807) is 0 Å². The maximum Gasteiger partial charge on any atom is 0.268 e. The Kier molecular flexibility index (Phi) is 5.65. The van der Waals surface area contributed by atoms with Crippen LogP contribution in [0.15, 0.2) is 83.3 Å². The van der Waals surface area contributed by atoms with Crippen LogP contribution in [0.5, 0.6) is 0 Å². The number of aliphatic hydroxyl groups is 1. The van der Waals surface area contributed by atoms with Gasteiger partial charge in [-0.15, -0.1) is 0 Å². The highest BCUT2D eigenvalue weighted by atomic mass is 79.9. The van der Waals surface area contributed by atoms with Gasteiger partial charge in [0.15, 0.2) is 0 Å². The lowest BCUT2D eigenvalue weighted by molar-refractivity contribution is -0.0182. The van der Waals surface area contributed by atoms with Gasteiger partial charge in [0.1, 0.15) is 0 Å². The number of carbonyl (C=O) groups is 1. The molecule has 0 saturated carbocycles. The molecule has 3 atom stereocenters. The number of amides is 1. The van der Waals surface area contributed by atoms with Gasteiger partial charge in [0.25, 0.3) is 5.91 Å². The molecule has 0 aliphatic carbocycles. The minimum absolute atomic E-state index is 0.00282. The number of benzene rings is 3. The SMILES string of the molecule is O=C(c1ccccc1)N1C(CCO)C(c2ccc(Br)cc2)C2c3ccccc3CCN21. The van der Waals surface area contributed by atoms with Crippen molar-refractivity contribution in [2.24, 2.45) is 0 Å². The van der Waals surface area contributed by atoms with Crippen molar-refractivity contribution in [1.29, 1.82) is 0 Å². The molecule has 2 aliphatic heterocycles. The van der Waals surface area contributed by atoms with E-state index in [2.05, 4.69) is 69.5 Å². The molecule has 1 saturated heterocycles. The fourth-order valence-corrected chi connectivity index (χ4v) is 5.53. The Morgan fingerprint density at radius 1 is 0.968 bits per heavy atom. The lowest BCUT2D eigenvalue weighted by atomic mass is 9.79. The summed E-state index contributed by atoms with van der Waals surface area (Å²) in [5.74, 6) is 0.0809. The van der Waals surface area contributed by atoms with Crippen LogP contribution in [0.25, 0.3) is 0 Å². The van der Waals surface area contributed by atoms with Gasteiger partial charge in [-0.25, -0.2) is 5.01 Å². The second kappa shape index (κ2) is 8.58. The first-order valence-electron chi connectivity index (χ1n) is 10.8. The molecular formula is C26H25BrN2O2. The second-order valence-electron chi connectivity index (χ2n) is 8.23. The summed E-state index contributed by atoms with van der Waals surface area (Å²) >= 11 is 3.55. The zero-order chi connectivity index (χ0) is 21.4. The molecule has 4 nitrogen and oxygen atoms in total. The summed E-state index contributed by atoms with van der Waals surface area (Å²) in [5, 5.41) is 14.2. The monoisotopic (exact) mass is 476 g/mol. The fraction of sp³-hybridized carbons (Fsp3) is 0.269. The van der Waals surface area contributed by atoms with Gasteiger partial charge < -0.3 is 5.11 Å². The van der Waals surface area contributed by atoms with E-state index in [1.165, 1.54) is 16.7 Å². The number of rotatable bonds is 4. The highest BCUT2D eigenvalue weighted by Gasteiger charge is 2.52. The van der Waals surface area contributed by atoms with Gasteiger partial charge in [-0.2, -0.15) is 0 Å². The van der Waals surface area contributed by atoms with Crippen molar-refractivity contribution in [3.8, 4) is 0 Å². The van der Waals surface area contributed by atoms with Crippen LogP contribution < -0.4 is 0 Å². The van der Waals surface area contributed by atoms with Crippen LogP contribution in [0.4, 0.5) is 0 Å². The summed E-state index contributed by atoms with van der Waals surface area (Å²) in [5.41, 5.74) is 4.51. The smallest absolute Gasteiger partial charge is 0.268 e. The van der Waals surface area contributed by atoms with Crippen molar-refractivity contribution in [2.45, 2.75) is 30.8 Å². The minimum Gasteiger partial charge on any atom is -0.396 e. The lowest BCUT2D eigenvalue weighted by Crippen LogP contribution is -2.48. The van der Waals surface area contributed by atoms with Gasteiger partial charge in [-0.3, -0.25) is 9.80 Å². The summed E-state index contributed by atoms with van der Waals surface area (Å²) in [4.78, 5) is 13.7. The zero-order valence-corrected chi connectivity index (χ0v) is 18.8. The molecule has 1 fully saturated rings. The molecular weight excluding hydrogens is 452 g/mol. The fourth-order valence-electron chi connectivity index (χ4n) is 5.26. The molecule has 0 aromatic heterocycles. The Balaban J connectivity index is 1.66. The van der Waals surface area contributed by atoms with Gasteiger partial charge in [-0.1, -0.05) is 70.5 Å². The molecule has 1 amide bonds. The first-order valence-corrected chi connectivity index (χ1v) is 11.6. The number of hydrazine groups is 1. The third-order valence-electron chi connectivity index (χ3n) is 6.56. The van der Waals surface area contributed by atoms with Crippen molar-refractivity contribution in [3.05, 3.63) is 106 Å². The number of halogens is 1. The number of fused-ring (bicyclic) bond motifs is 3. The van der Waals surface area contributed by atoms with E-state index in [-0.39, 0.29) is 30.5 Å². The number of hydrogen-bond acceptors (Lipinski definition) is 3. The molecule has 0 spiro atoms. The van der Waals surface area contributed by atoms with Gasteiger partial charge in [0.05, 0.1) is 12.1 Å². The quantitative estimate of drug-likeness (QED) is 0.578. The largest absolute Gasteiger partial charge is 0.396 e. The van der Waals surface area contributed by atoms with Crippen molar-refractivity contribution >= 4 is 21.8 Å². The highest BCUT2D eigenvalue weighted by molar-refractivity contribution is 9.10. The van der Waals surface area contributed by atoms with Crippen LogP contribution in [-0.4, -0.2) is 40.2 Å². The predicted molar refractivity (Wildman–Crippen MR) is 125 cm³/mol. The summed E-state index contributed by atoms with van der Waals surface area (Å²) < 4.78 is 1.03. The molecule has 0 bridgehead atoms. The predicted octanol–water partition coefficient (Wildman–Crippen LogP) is 4.95. The second-order valence-corrected chi connectivity index (χ2v) is 9.15. The first-order chi connectivity index (χ1) is 15.2. The molecule has 5 heteroatoms. The Morgan fingerprint density at radius 2 is 1.68 bits per heavy atom. The Morgan fingerprint density at radius 3 is 2.42 bits per heavy atom. The molecule has 3 unspecified atom stereocenters. The lowest BCUT2D eigenvalue weighted by Gasteiger charge is -2.38. The molecule has 2 aliphatic rings. The first kappa shape index (κ1) is 20.4. The number of nitrogens with zero attached hydrogens (tertiary/aromatic N) is 2.